The molecule has 0 spiro atoms. The van der Waals surface area contributed by atoms with Gasteiger partial charge in [-0.05, 0) is 31.2 Å². The monoisotopic (exact) mass is 291 g/mol. The molecular weight excluding hydrogens is 283 g/mol. The topological polar surface area (TPSA) is 49.7 Å². The third-order valence-electron chi connectivity index (χ3n) is 2.07. The molecule has 0 aliphatic carbocycles. The van der Waals surface area contributed by atoms with Crippen LogP contribution in [-0.2, 0) is 4.79 Å². The second kappa shape index (κ2) is 5.88. The largest absolute Gasteiger partial charge is 0.504 e. The maximum atomic E-state index is 12.3. The van der Waals surface area contributed by atoms with Crippen molar-refractivity contribution in [2.45, 2.75) is 13.1 Å². The molecule has 1 N–H and O–H groups in total. The number of nitrogens with zero attached hydrogens (tertiary/aromatic N) is 1. The van der Waals surface area contributed by atoms with Crippen LogP contribution in [-0.4, -0.2) is 23.3 Å². The van der Waals surface area contributed by atoms with Crippen molar-refractivity contribution in [2.24, 2.45) is 4.99 Å². The summed E-state index contributed by atoms with van der Waals surface area (Å²) >= 11 is 5.63. The number of carbonyl (C=O) groups excluding carboxylic acids is 1. The molecule has 1 rings (SSSR count). The number of aliphatic hydroxyl groups excluding tert-OH is 1. The predicted octanol–water partition coefficient (Wildman–Crippen LogP) is 4.01. The minimum absolute atomic E-state index is 0.304. The maximum absolute atomic E-state index is 12.3. The standard InChI is InChI=1S/C12H9ClF3NO2/c1-7(18)10(11(19)12(14,15)16)6-17-9-4-2-8(13)3-5-9/h2-6,19H,1H3. The lowest BCUT2D eigenvalue weighted by Gasteiger charge is -2.07. The summed E-state index contributed by atoms with van der Waals surface area (Å²) in [4.78, 5) is 14.8. The second-order valence-electron chi connectivity index (χ2n) is 3.55. The van der Waals surface area contributed by atoms with Crippen molar-refractivity contribution in [3.8, 4) is 0 Å². The molecule has 1 aromatic rings. The first-order valence-electron chi connectivity index (χ1n) is 5.03. The molecule has 0 aliphatic heterocycles. The lowest BCUT2D eigenvalue weighted by Crippen LogP contribution is -2.17. The van der Waals surface area contributed by atoms with Gasteiger partial charge in [0.2, 0.25) is 5.76 Å². The Hall–Kier alpha value is -1.82. The van der Waals surface area contributed by atoms with Gasteiger partial charge >= 0.3 is 6.18 Å². The molecule has 0 saturated carbocycles. The van der Waals surface area contributed by atoms with Gasteiger partial charge in [0.1, 0.15) is 0 Å². The van der Waals surface area contributed by atoms with E-state index < -0.39 is 23.3 Å². The Bertz CT molecular complexity index is 533. The average Bonchev–Trinajstić information content (AvgIpc) is 2.30. The van der Waals surface area contributed by atoms with E-state index in [1.807, 2.05) is 0 Å². The summed E-state index contributed by atoms with van der Waals surface area (Å²) in [6.45, 7) is 0.908. The van der Waals surface area contributed by atoms with Gasteiger partial charge in [0.15, 0.2) is 5.78 Å². The third kappa shape index (κ3) is 4.40. The summed E-state index contributed by atoms with van der Waals surface area (Å²) in [5.41, 5.74) is -0.597. The molecule has 0 radical (unpaired) electrons. The summed E-state index contributed by atoms with van der Waals surface area (Å²) < 4.78 is 36.9. The molecule has 7 heteroatoms. The highest BCUT2D eigenvalue weighted by Gasteiger charge is 2.37. The first-order chi connectivity index (χ1) is 8.71. The first-order valence-corrected chi connectivity index (χ1v) is 5.40. The van der Waals surface area contributed by atoms with E-state index in [-0.39, 0.29) is 0 Å². The summed E-state index contributed by atoms with van der Waals surface area (Å²) in [5.74, 6) is -2.90. The Labute approximate surface area is 112 Å². The molecule has 0 amide bonds. The van der Waals surface area contributed by atoms with Gasteiger partial charge in [0.05, 0.1) is 11.3 Å². The Morgan fingerprint density at radius 2 is 1.84 bits per heavy atom. The van der Waals surface area contributed by atoms with Gasteiger partial charge < -0.3 is 5.11 Å². The van der Waals surface area contributed by atoms with Crippen LogP contribution in [0.4, 0.5) is 18.9 Å². The minimum Gasteiger partial charge on any atom is -0.504 e. The van der Waals surface area contributed by atoms with Crippen LogP contribution in [0, 0.1) is 0 Å². The van der Waals surface area contributed by atoms with Crippen LogP contribution in [0.2, 0.25) is 5.02 Å². The van der Waals surface area contributed by atoms with Crippen LogP contribution in [0.15, 0.2) is 40.6 Å². The van der Waals surface area contributed by atoms with Crippen LogP contribution in [0.25, 0.3) is 0 Å². The van der Waals surface area contributed by atoms with E-state index in [1.54, 1.807) is 0 Å². The molecule has 3 nitrogen and oxygen atoms in total. The summed E-state index contributed by atoms with van der Waals surface area (Å²) in [6.07, 6.45) is -4.32. The SMILES string of the molecule is CC(=O)C(C=Nc1ccc(Cl)cc1)=C(O)C(F)(F)F. The minimum atomic E-state index is -4.99. The quantitative estimate of drug-likeness (QED) is 0.520. The van der Waals surface area contributed by atoms with E-state index in [4.69, 9.17) is 16.7 Å². The summed E-state index contributed by atoms with van der Waals surface area (Å²) in [5, 5.41) is 9.40. The van der Waals surface area contributed by atoms with E-state index in [9.17, 15) is 18.0 Å². The van der Waals surface area contributed by atoms with Crippen LogP contribution >= 0.6 is 11.6 Å². The van der Waals surface area contributed by atoms with E-state index in [2.05, 4.69) is 4.99 Å². The fourth-order valence-electron chi connectivity index (χ4n) is 1.14. The van der Waals surface area contributed by atoms with Gasteiger partial charge in [0, 0.05) is 11.2 Å². The number of carbonyl (C=O) groups is 1. The first kappa shape index (κ1) is 15.2. The van der Waals surface area contributed by atoms with Gasteiger partial charge in [0.25, 0.3) is 0 Å². The number of aliphatic hydroxyl groups is 1. The van der Waals surface area contributed by atoms with Crippen LogP contribution < -0.4 is 0 Å². The summed E-state index contributed by atoms with van der Waals surface area (Å²) in [7, 11) is 0. The lowest BCUT2D eigenvalue weighted by molar-refractivity contribution is -0.125. The number of rotatable bonds is 3. The number of halogens is 4. The lowest BCUT2D eigenvalue weighted by atomic mass is 10.1. The number of alkyl halides is 3. The zero-order valence-corrected chi connectivity index (χ0v) is 10.5. The molecule has 102 valence electrons. The zero-order chi connectivity index (χ0) is 14.6. The van der Waals surface area contributed by atoms with Gasteiger partial charge in [-0.15, -0.1) is 0 Å². The highest BCUT2D eigenvalue weighted by Crippen LogP contribution is 2.26. The van der Waals surface area contributed by atoms with Crippen molar-refractivity contribution >= 4 is 29.3 Å². The maximum Gasteiger partial charge on any atom is 0.449 e. The third-order valence-corrected chi connectivity index (χ3v) is 2.32. The van der Waals surface area contributed by atoms with Gasteiger partial charge in [-0.1, -0.05) is 11.6 Å². The van der Waals surface area contributed by atoms with Crippen molar-refractivity contribution in [1.29, 1.82) is 0 Å². The van der Waals surface area contributed by atoms with E-state index >= 15 is 0 Å². The van der Waals surface area contributed by atoms with Crippen molar-refractivity contribution in [3.63, 3.8) is 0 Å². The van der Waals surface area contributed by atoms with E-state index in [0.29, 0.717) is 16.9 Å². The fraction of sp³-hybridized carbons (Fsp3) is 0.167. The smallest absolute Gasteiger partial charge is 0.449 e. The Morgan fingerprint density at radius 1 is 1.32 bits per heavy atom. The highest BCUT2D eigenvalue weighted by molar-refractivity contribution is 6.30. The fourth-order valence-corrected chi connectivity index (χ4v) is 1.26. The van der Waals surface area contributed by atoms with Crippen LogP contribution in [0.3, 0.4) is 0 Å². The summed E-state index contributed by atoms with van der Waals surface area (Å²) in [6, 6.07) is 5.91. The Kier molecular flexibility index (Phi) is 4.72. The average molecular weight is 292 g/mol. The Balaban J connectivity index is 3.11. The van der Waals surface area contributed by atoms with E-state index in [1.165, 1.54) is 24.3 Å². The highest BCUT2D eigenvalue weighted by atomic mass is 35.5. The van der Waals surface area contributed by atoms with Crippen molar-refractivity contribution < 1.29 is 23.1 Å². The van der Waals surface area contributed by atoms with Crippen LogP contribution in [0.5, 0.6) is 0 Å². The number of hydrogen-bond acceptors (Lipinski definition) is 3. The number of aliphatic imine (C=N–C) groups is 1. The van der Waals surface area contributed by atoms with Crippen molar-refractivity contribution in [3.05, 3.63) is 40.6 Å². The van der Waals surface area contributed by atoms with Crippen LogP contribution in [0.1, 0.15) is 6.92 Å². The molecule has 19 heavy (non-hydrogen) atoms. The predicted molar refractivity (Wildman–Crippen MR) is 66.0 cm³/mol. The molecule has 0 heterocycles. The molecule has 0 atom stereocenters. The molecular formula is C12H9ClF3NO2. The number of allylic oxidation sites excluding steroid dienone is 2. The molecule has 0 aliphatic rings. The molecule has 0 fully saturated rings. The van der Waals surface area contributed by atoms with Crippen molar-refractivity contribution in [1.82, 2.24) is 0 Å². The second-order valence-corrected chi connectivity index (χ2v) is 3.99. The van der Waals surface area contributed by atoms with E-state index in [0.717, 1.165) is 6.92 Å². The Morgan fingerprint density at radius 3 is 2.26 bits per heavy atom. The number of benzene rings is 1. The van der Waals surface area contributed by atoms with Crippen molar-refractivity contribution in [2.75, 3.05) is 0 Å². The molecule has 0 saturated heterocycles. The van der Waals surface area contributed by atoms with Gasteiger partial charge in [-0.3, -0.25) is 9.79 Å². The normalized spacial score (nSPS) is 13.5. The number of Topliss-reactive ketones (excluding diaryl/α,β-unsaturated/α-hetero) is 1. The van der Waals surface area contributed by atoms with Gasteiger partial charge in [-0.25, -0.2) is 0 Å². The molecule has 0 aromatic heterocycles. The number of ketones is 1. The molecule has 0 bridgehead atoms. The molecule has 0 unspecified atom stereocenters. The molecule has 1 aromatic carbocycles. The van der Waals surface area contributed by atoms with Gasteiger partial charge in [-0.2, -0.15) is 13.2 Å². The zero-order valence-electron chi connectivity index (χ0n) is 9.70. The number of hydrogen-bond donors (Lipinski definition) is 1.